The van der Waals surface area contributed by atoms with E-state index in [9.17, 15) is 13.2 Å². The summed E-state index contributed by atoms with van der Waals surface area (Å²) in [6.45, 7) is 2.11. The maximum Gasteiger partial charge on any atom is 0.174 e. The zero-order valence-electron chi connectivity index (χ0n) is 18.0. The van der Waals surface area contributed by atoms with E-state index in [1.807, 2.05) is 18.2 Å². The zero-order chi connectivity index (χ0) is 22.7. The summed E-state index contributed by atoms with van der Waals surface area (Å²) < 4.78 is 57.0. The summed E-state index contributed by atoms with van der Waals surface area (Å²) in [7, 11) is 0. The third-order valence-corrected chi connectivity index (χ3v) is 6.16. The molecule has 0 bridgehead atoms. The van der Waals surface area contributed by atoms with Gasteiger partial charge in [0.1, 0.15) is 11.6 Å². The Hall–Kier alpha value is -3.06. The monoisotopic (exact) mass is 436 g/mol. The van der Waals surface area contributed by atoms with Gasteiger partial charge in [-0.3, -0.25) is 0 Å². The first-order valence-corrected chi connectivity index (χ1v) is 11.0. The van der Waals surface area contributed by atoms with Crippen molar-refractivity contribution in [1.29, 1.82) is 0 Å². The van der Waals surface area contributed by atoms with Gasteiger partial charge in [-0.2, -0.15) is 0 Å². The molecule has 0 aliphatic heterocycles. The number of hydrogen-bond acceptors (Lipinski definition) is 0. The molecule has 3 aromatic carbocycles. The fraction of sp³-hybridized carbons (Fsp3) is 0.286. The van der Waals surface area contributed by atoms with E-state index in [2.05, 4.69) is 18.8 Å². The van der Waals surface area contributed by atoms with Crippen molar-refractivity contribution < 1.29 is 17.6 Å². The van der Waals surface area contributed by atoms with Gasteiger partial charge in [-0.05, 0) is 84.5 Å². The van der Waals surface area contributed by atoms with E-state index in [4.69, 9.17) is 0 Å². The Morgan fingerprint density at radius 1 is 0.875 bits per heavy atom. The number of halogens is 4. The van der Waals surface area contributed by atoms with Crippen molar-refractivity contribution in [3.63, 3.8) is 0 Å². The highest BCUT2D eigenvalue weighted by Gasteiger charge is 2.25. The van der Waals surface area contributed by atoms with Crippen LogP contribution in [0.2, 0.25) is 0 Å². The van der Waals surface area contributed by atoms with Crippen LogP contribution in [0.3, 0.4) is 0 Å². The molecule has 1 aliphatic carbocycles. The second-order valence-electron chi connectivity index (χ2n) is 8.32. The summed E-state index contributed by atoms with van der Waals surface area (Å²) in [5, 5.41) is 0. The fourth-order valence-corrected chi connectivity index (χ4v) is 4.34. The SMILES string of the molecule is CCCCc1ccc(C2CCc3c(ccc(C#Cc4cccc(F)c4F)c3F)C2)c(F)c1. The average molecular weight is 436 g/mol. The first-order valence-electron chi connectivity index (χ1n) is 11.0. The number of fused-ring (bicyclic) bond motifs is 1. The molecule has 32 heavy (non-hydrogen) atoms. The smallest absolute Gasteiger partial charge is 0.174 e. The molecule has 0 nitrogen and oxygen atoms in total. The van der Waals surface area contributed by atoms with Gasteiger partial charge in [-0.1, -0.05) is 49.5 Å². The zero-order valence-corrected chi connectivity index (χ0v) is 18.0. The second kappa shape index (κ2) is 9.61. The van der Waals surface area contributed by atoms with E-state index >= 15 is 4.39 Å². The lowest BCUT2D eigenvalue weighted by molar-refractivity contribution is 0.506. The summed E-state index contributed by atoms with van der Waals surface area (Å²) >= 11 is 0. The molecule has 0 heterocycles. The predicted octanol–water partition coefficient (Wildman–Crippen LogP) is 7.26. The van der Waals surface area contributed by atoms with Crippen molar-refractivity contribution in [2.45, 2.75) is 51.4 Å². The van der Waals surface area contributed by atoms with E-state index in [0.29, 0.717) is 30.4 Å². The Balaban J connectivity index is 1.56. The maximum absolute atomic E-state index is 15.1. The molecular formula is C28H24F4. The van der Waals surface area contributed by atoms with Crippen LogP contribution in [0.15, 0.2) is 48.5 Å². The topological polar surface area (TPSA) is 0 Å². The first-order chi connectivity index (χ1) is 15.5. The maximum atomic E-state index is 15.1. The van der Waals surface area contributed by atoms with Gasteiger partial charge < -0.3 is 0 Å². The van der Waals surface area contributed by atoms with Gasteiger partial charge >= 0.3 is 0 Å². The van der Waals surface area contributed by atoms with Gasteiger partial charge in [0.25, 0.3) is 0 Å². The molecule has 4 heteroatoms. The molecule has 3 aromatic rings. The predicted molar refractivity (Wildman–Crippen MR) is 119 cm³/mol. The van der Waals surface area contributed by atoms with Crippen LogP contribution in [0.1, 0.15) is 65.5 Å². The normalized spacial score (nSPS) is 15.1. The number of hydrogen-bond donors (Lipinski definition) is 0. The van der Waals surface area contributed by atoms with Crippen LogP contribution < -0.4 is 0 Å². The molecular weight excluding hydrogens is 412 g/mol. The minimum Gasteiger partial charge on any atom is -0.207 e. The summed E-state index contributed by atoms with van der Waals surface area (Å²) in [6.07, 6.45) is 4.65. The van der Waals surface area contributed by atoms with Gasteiger partial charge in [0.05, 0.1) is 11.1 Å². The minimum absolute atomic E-state index is 0.000416. The van der Waals surface area contributed by atoms with E-state index in [1.54, 1.807) is 12.1 Å². The van der Waals surface area contributed by atoms with Crippen molar-refractivity contribution in [3.05, 3.63) is 105 Å². The van der Waals surface area contributed by atoms with Gasteiger partial charge in [0.15, 0.2) is 11.6 Å². The quantitative estimate of drug-likeness (QED) is 0.298. The Bertz CT molecular complexity index is 1200. The minimum atomic E-state index is -1.04. The highest BCUT2D eigenvalue weighted by Crippen LogP contribution is 2.36. The van der Waals surface area contributed by atoms with Gasteiger partial charge in [-0.15, -0.1) is 0 Å². The molecule has 1 unspecified atom stereocenters. The van der Waals surface area contributed by atoms with Gasteiger partial charge in [-0.25, -0.2) is 17.6 Å². The van der Waals surface area contributed by atoms with Crippen LogP contribution in [0.5, 0.6) is 0 Å². The second-order valence-corrected chi connectivity index (χ2v) is 8.32. The summed E-state index contributed by atoms with van der Waals surface area (Å²) in [6, 6.07) is 12.6. The fourth-order valence-electron chi connectivity index (χ4n) is 4.34. The van der Waals surface area contributed by atoms with Gasteiger partial charge in [0, 0.05) is 0 Å². The van der Waals surface area contributed by atoms with E-state index in [-0.39, 0.29) is 22.9 Å². The first kappa shape index (κ1) is 22.1. The largest absolute Gasteiger partial charge is 0.207 e. The average Bonchev–Trinajstić information content (AvgIpc) is 2.79. The third-order valence-electron chi connectivity index (χ3n) is 6.16. The number of aryl methyl sites for hydroxylation is 1. The summed E-state index contributed by atoms with van der Waals surface area (Å²) in [4.78, 5) is 0. The van der Waals surface area contributed by atoms with Crippen LogP contribution in [-0.2, 0) is 19.3 Å². The highest BCUT2D eigenvalue weighted by molar-refractivity contribution is 5.48. The molecule has 0 saturated carbocycles. The molecule has 0 N–H and O–H groups in total. The van der Waals surface area contributed by atoms with Crippen LogP contribution >= 0.6 is 0 Å². The van der Waals surface area contributed by atoms with E-state index < -0.39 is 17.5 Å². The Labute approximate surface area is 186 Å². The molecule has 0 amide bonds. The van der Waals surface area contributed by atoms with Crippen molar-refractivity contribution >= 4 is 0 Å². The van der Waals surface area contributed by atoms with Crippen LogP contribution in [0.4, 0.5) is 17.6 Å². The van der Waals surface area contributed by atoms with Crippen molar-refractivity contribution in [2.24, 2.45) is 0 Å². The Morgan fingerprint density at radius 2 is 1.66 bits per heavy atom. The van der Waals surface area contributed by atoms with Crippen molar-refractivity contribution in [2.75, 3.05) is 0 Å². The standard InChI is InChI=1S/C28H24F4/c1-2-3-5-18-8-14-23(26(30)16-18)21-13-15-24-22(17-21)12-11-20(27(24)31)10-9-19-6-4-7-25(29)28(19)32/h4,6-8,11-12,14,16,21H,2-3,5,13,15,17H2,1H3. The summed E-state index contributed by atoms with van der Waals surface area (Å²) in [5.74, 6) is 2.51. The summed E-state index contributed by atoms with van der Waals surface area (Å²) in [5.41, 5.74) is 3.15. The molecule has 1 atom stereocenters. The molecule has 0 radical (unpaired) electrons. The lowest BCUT2D eigenvalue weighted by Gasteiger charge is -2.26. The van der Waals surface area contributed by atoms with Crippen LogP contribution in [0, 0.1) is 35.1 Å². The lowest BCUT2D eigenvalue weighted by Crippen LogP contribution is -2.16. The molecule has 0 aromatic heterocycles. The van der Waals surface area contributed by atoms with Gasteiger partial charge in [0.2, 0.25) is 0 Å². The van der Waals surface area contributed by atoms with E-state index in [0.717, 1.165) is 36.5 Å². The van der Waals surface area contributed by atoms with Crippen LogP contribution in [0.25, 0.3) is 0 Å². The number of benzene rings is 3. The molecule has 164 valence electrons. The van der Waals surface area contributed by atoms with Crippen molar-refractivity contribution in [1.82, 2.24) is 0 Å². The lowest BCUT2D eigenvalue weighted by atomic mass is 9.79. The molecule has 0 fully saturated rings. The molecule has 0 saturated heterocycles. The third kappa shape index (κ3) is 4.58. The highest BCUT2D eigenvalue weighted by atomic mass is 19.2. The molecule has 0 spiro atoms. The Kier molecular flexibility index (Phi) is 6.65. The van der Waals surface area contributed by atoms with Crippen molar-refractivity contribution in [3.8, 4) is 11.8 Å². The Morgan fingerprint density at radius 3 is 2.41 bits per heavy atom. The number of unbranched alkanes of at least 4 members (excludes halogenated alkanes) is 1. The molecule has 4 rings (SSSR count). The van der Waals surface area contributed by atoms with E-state index in [1.165, 1.54) is 12.1 Å². The molecule has 1 aliphatic rings. The number of rotatable bonds is 4. The van der Waals surface area contributed by atoms with Crippen LogP contribution in [-0.4, -0.2) is 0 Å².